The number of para-hydroxylation sites is 1. The molecule has 0 radical (unpaired) electrons. The second-order valence-corrected chi connectivity index (χ2v) is 18.3. The fourth-order valence-electron chi connectivity index (χ4n) is 8.98. The van der Waals surface area contributed by atoms with Crippen LogP contribution < -0.4 is 20.5 Å². The van der Waals surface area contributed by atoms with E-state index in [1.807, 2.05) is 30.3 Å². The highest BCUT2D eigenvalue weighted by Gasteiger charge is 2.24. The smallest absolute Gasteiger partial charge is 0.227 e. The van der Waals surface area contributed by atoms with Gasteiger partial charge in [-0.3, -0.25) is 0 Å². The molecule has 3 nitrogen and oxygen atoms in total. The number of oxazole rings is 1. The maximum atomic E-state index is 6.68. The SMILES string of the molecule is c1ccc(-c2nc3ccc4ccc5ccc(N(c6cccc([SiH](c7ccccc7)c7ccccc7)c6)c6ccccc6-c6ccccc6-c6ccccc6)cc5c4c3o2)cc1. The lowest BCUT2D eigenvalue weighted by atomic mass is 9.93. The zero-order chi connectivity index (χ0) is 40.5. The quantitative estimate of drug-likeness (QED) is 0.0828. The van der Waals surface area contributed by atoms with Gasteiger partial charge >= 0.3 is 0 Å². The molecule has 10 aromatic carbocycles. The first-order valence-corrected chi connectivity index (χ1v) is 22.6. The summed E-state index contributed by atoms with van der Waals surface area (Å²) in [5, 5.41) is 8.54. The molecular weight excluding hydrogens is 757 g/mol. The van der Waals surface area contributed by atoms with Crippen LogP contribution in [0.15, 0.2) is 241 Å². The molecule has 0 amide bonds. The molecule has 4 heteroatoms. The van der Waals surface area contributed by atoms with E-state index in [-0.39, 0.29) is 0 Å². The van der Waals surface area contributed by atoms with Crippen molar-refractivity contribution in [2.45, 2.75) is 0 Å². The van der Waals surface area contributed by atoms with Crippen molar-refractivity contribution in [3.8, 4) is 33.7 Å². The van der Waals surface area contributed by atoms with Crippen LogP contribution in [-0.2, 0) is 0 Å². The molecule has 11 rings (SSSR count). The minimum atomic E-state index is -1.86. The van der Waals surface area contributed by atoms with Crippen molar-refractivity contribution in [1.82, 2.24) is 4.98 Å². The van der Waals surface area contributed by atoms with Gasteiger partial charge in [0.2, 0.25) is 5.89 Å². The Balaban J connectivity index is 1.16. The number of nitrogens with zero attached hydrogens (tertiary/aromatic N) is 2. The highest BCUT2D eigenvalue weighted by molar-refractivity contribution is 6.95. The van der Waals surface area contributed by atoms with Crippen molar-refractivity contribution in [3.05, 3.63) is 237 Å². The molecule has 0 aliphatic rings. The van der Waals surface area contributed by atoms with Crippen LogP contribution >= 0.6 is 0 Å². The molecule has 11 aromatic rings. The van der Waals surface area contributed by atoms with Crippen LogP contribution in [0.1, 0.15) is 0 Å². The van der Waals surface area contributed by atoms with Gasteiger partial charge in [0.15, 0.2) is 5.58 Å². The summed E-state index contributed by atoms with van der Waals surface area (Å²) in [5.74, 6) is 0.622. The molecule has 0 spiro atoms. The second-order valence-electron chi connectivity index (χ2n) is 15.5. The Bertz CT molecular complexity index is 3270. The summed E-state index contributed by atoms with van der Waals surface area (Å²) in [6.45, 7) is 0. The van der Waals surface area contributed by atoms with Gasteiger partial charge in [0, 0.05) is 27.9 Å². The summed E-state index contributed by atoms with van der Waals surface area (Å²) in [6, 6.07) is 85.3. The number of anilines is 3. The van der Waals surface area contributed by atoms with E-state index in [0.29, 0.717) is 5.89 Å². The molecule has 1 aromatic heterocycles. The maximum absolute atomic E-state index is 6.68. The van der Waals surface area contributed by atoms with Crippen molar-refractivity contribution < 1.29 is 4.42 Å². The highest BCUT2D eigenvalue weighted by atomic mass is 28.3. The van der Waals surface area contributed by atoms with E-state index in [9.17, 15) is 0 Å². The predicted octanol–water partition coefficient (Wildman–Crippen LogP) is 12.9. The summed E-state index contributed by atoms with van der Waals surface area (Å²) in [4.78, 5) is 7.43. The van der Waals surface area contributed by atoms with Gasteiger partial charge < -0.3 is 9.32 Å². The third kappa shape index (κ3) is 6.79. The Morgan fingerprint density at radius 3 is 1.66 bits per heavy atom. The predicted molar refractivity (Wildman–Crippen MR) is 259 cm³/mol. The second kappa shape index (κ2) is 15.8. The Kier molecular flexibility index (Phi) is 9.38. The molecule has 0 saturated heterocycles. The van der Waals surface area contributed by atoms with E-state index in [4.69, 9.17) is 9.40 Å². The molecular formula is C57H40N2OSi. The highest BCUT2D eigenvalue weighted by Crippen LogP contribution is 2.45. The summed E-state index contributed by atoms with van der Waals surface area (Å²) >= 11 is 0. The molecule has 0 aliphatic heterocycles. The van der Waals surface area contributed by atoms with Crippen LogP contribution in [0.5, 0.6) is 0 Å². The van der Waals surface area contributed by atoms with Gasteiger partial charge in [-0.2, -0.15) is 0 Å². The van der Waals surface area contributed by atoms with E-state index >= 15 is 0 Å². The van der Waals surface area contributed by atoms with Gasteiger partial charge in [-0.25, -0.2) is 4.98 Å². The molecule has 0 unspecified atom stereocenters. The number of rotatable bonds is 9. The van der Waals surface area contributed by atoms with Gasteiger partial charge in [0.05, 0.1) is 5.69 Å². The Morgan fingerprint density at radius 2 is 0.934 bits per heavy atom. The van der Waals surface area contributed by atoms with E-state index in [0.717, 1.165) is 60.8 Å². The molecule has 0 atom stereocenters. The molecule has 0 N–H and O–H groups in total. The number of benzene rings is 10. The Morgan fingerprint density at radius 1 is 0.393 bits per heavy atom. The summed E-state index contributed by atoms with van der Waals surface area (Å²) in [6.07, 6.45) is 0. The van der Waals surface area contributed by atoms with Crippen molar-refractivity contribution in [2.75, 3.05) is 4.90 Å². The minimum absolute atomic E-state index is 0.622. The first-order valence-electron chi connectivity index (χ1n) is 20.8. The maximum Gasteiger partial charge on any atom is 0.227 e. The Labute approximate surface area is 357 Å². The molecule has 1 heterocycles. The molecule has 0 aliphatic carbocycles. The third-order valence-corrected chi connectivity index (χ3v) is 14.9. The average Bonchev–Trinajstić information content (AvgIpc) is 3.78. The summed E-state index contributed by atoms with van der Waals surface area (Å²) in [5.41, 5.74) is 10.5. The molecule has 61 heavy (non-hydrogen) atoms. The van der Waals surface area contributed by atoms with Gasteiger partial charge in [-0.15, -0.1) is 0 Å². The number of fused-ring (bicyclic) bond motifs is 5. The van der Waals surface area contributed by atoms with E-state index in [2.05, 4.69) is 211 Å². The molecule has 0 fully saturated rings. The largest absolute Gasteiger partial charge is 0.435 e. The fraction of sp³-hybridized carbons (Fsp3) is 0. The fourth-order valence-corrected chi connectivity index (χ4v) is 12.0. The molecule has 288 valence electrons. The van der Waals surface area contributed by atoms with Gasteiger partial charge in [-0.05, 0) is 81.4 Å². The number of hydrogen-bond donors (Lipinski definition) is 0. The van der Waals surface area contributed by atoms with Crippen LogP contribution in [0.25, 0.3) is 66.4 Å². The minimum Gasteiger partial charge on any atom is -0.435 e. The van der Waals surface area contributed by atoms with Crippen LogP contribution in [0.3, 0.4) is 0 Å². The van der Waals surface area contributed by atoms with Crippen LogP contribution in [0, 0.1) is 0 Å². The van der Waals surface area contributed by atoms with E-state index < -0.39 is 8.80 Å². The Hall–Kier alpha value is -7.79. The van der Waals surface area contributed by atoms with Crippen molar-refractivity contribution in [1.29, 1.82) is 0 Å². The third-order valence-electron chi connectivity index (χ3n) is 11.8. The first kappa shape index (κ1) is 36.3. The first-order chi connectivity index (χ1) is 30.3. The summed E-state index contributed by atoms with van der Waals surface area (Å²) < 4.78 is 6.68. The monoisotopic (exact) mass is 796 g/mol. The zero-order valence-electron chi connectivity index (χ0n) is 33.4. The summed E-state index contributed by atoms with van der Waals surface area (Å²) in [7, 11) is -1.86. The average molecular weight is 797 g/mol. The molecule has 0 bridgehead atoms. The van der Waals surface area contributed by atoms with Crippen LogP contribution in [0.4, 0.5) is 17.1 Å². The van der Waals surface area contributed by atoms with Crippen LogP contribution in [0.2, 0.25) is 0 Å². The topological polar surface area (TPSA) is 29.3 Å². The lowest BCUT2D eigenvalue weighted by Crippen LogP contribution is -2.51. The van der Waals surface area contributed by atoms with Crippen molar-refractivity contribution >= 4 is 74.1 Å². The van der Waals surface area contributed by atoms with Crippen molar-refractivity contribution in [2.24, 2.45) is 0 Å². The van der Waals surface area contributed by atoms with E-state index in [1.54, 1.807) is 0 Å². The van der Waals surface area contributed by atoms with Crippen LogP contribution in [-0.4, -0.2) is 13.8 Å². The normalized spacial score (nSPS) is 11.4. The molecule has 0 saturated carbocycles. The zero-order valence-corrected chi connectivity index (χ0v) is 34.6. The lowest BCUT2D eigenvalue weighted by Gasteiger charge is -2.30. The van der Waals surface area contributed by atoms with Gasteiger partial charge in [0.1, 0.15) is 14.3 Å². The van der Waals surface area contributed by atoms with Gasteiger partial charge in [-0.1, -0.05) is 204 Å². The lowest BCUT2D eigenvalue weighted by molar-refractivity contribution is 0.623. The van der Waals surface area contributed by atoms with Crippen molar-refractivity contribution in [3.63, 3.8) is 0 Å². The number of aromatic nitrogens is 1. The number of hydrogen-bond acceptors (Lipinski definition) is 3. The standard InChI is InChI=1S/C57H40N2OSi/c1-5-18-40(19-6-1)49-28-13-14-29-50(49)51-30-15-16-31-54(51)59(44-22-17-27-48(38-44)61(46-23-9-3-10-24-46)47-25-11-4-12-26-47)45-36-34-41-32-33-42-35-37-53-56(55(42)52(41)39-45)60-57(58-53)43-20-7-2-8-21-43/h1-39,61H. The van der Waals surface area contributed by atoms with E-state index in [1.165, 1.54) is 32.3 Å². The van der Waals surface area contributed by atoms with Gasteiger partial charge in [0.25, 0.3) is 0 Å².